The molecule has 1 aliphatic rings. The van der Waals surface area contributed by atoms with Gasteiger partial charge in [-0.25, -0.2) is 4.79 Å². The van der Waals surface area contributed by atoms with E-state index in [0.29, 0.717) is 28.9 Å². The average Bonchev–Trinajstić information content (AvgIpc) is 2.88. The second kappa shape index (κ2) is 10.8. The van der Waals surface area contributed by atoms with E-state index >= 15 is 0 Å². The quantitative estimate of drug-likeness (QED) is 0.454. The highest BCUT2D eigenvalue weighted by atomic mass is 19.4. The zero-order valence-corrected chi connectivity index (χ0v) is 19.8. The molecule has 0 atom stereocenters. The minimum atomic E-state index is -4.42. The normalized spacial score (nSPS) is 13.6. The van der Waals surface area contributed by atoms with Gasteiger partial charge in [0, 0.05) is 44.5 Å². The number of hydrogen-bond donors (Lipinski definition) is 3. The second-order valence-corrected chi connectivity index (χ2v) is 8.59. The van der Waals surface area contributed by atoms with Gasteiger partial charge in [-0.05, 0) is 59.0 Å². The highest BCUT2D eigenvalue weighted by molar-refractivity contribution is 6.08. The van der Waals surface area contributed by atoms with E-state index < -0.39 is 11.7 Å². The minimum Gasteiger partial charge on any atom is -0.341 e. The average molecular weight is 497 g/mol. The van der Waals surface area contributed by atoms with Crippen molar-refractivity contribution in [1.29, 1.82) is 0 Å². The number of urea groups is 1. The maximum atomic E-state index is 13.1. The lowest BCUT2D eigenvalue weighted by molar-refractivity contribution is -0.137. The Morgan fingerprint density at radius 2 is 1.72 bits per heavy atom. The number of benzene rings is 3. The number of rotatable bonds is 6. The summed E-state index contributed by atoms with van der Waals surface area (Å²) in [6.07, 6.45) is -3.59. The smallest absolute Gasteiger partial charge is 0.341 e. The maximum absolute atomic E-state index is 13.1. The van der Waals surface area contributed by atoms with Gasteiger partial charge in [-0.3, -0.25) is 9.69 Å². The van der Waals surface area contributed by atoms with Crippen LogP contribution >= 0.6 is 0 Å². The fourth-order valence-electron chi connectivity index (χ4n) is 4.27. The first-order valence-electron chi connectivity index (χ1n) is 11.6. The largest absolute Gasteiger partial charge is 0.416 e. The number of amides is 3. The molecule has 3 aromatic carbocycles. The molecule has 0 fully saturated rings. The van der Waals surface area contributed by atoms with Gasteiger partial charge >= 0.3 is 12.2 Å². The molecule has 0 bridgehead atoms. The summed E-state index contributed by atoms with van der Waals surface area (Å²) in [6.45, 7) is 2.90. The van der Waals surface area contributed by atoms with Crippen molar-refractivity contribution in [3.63, 3.8) is 0 Å². The summed E-state index contributed by atoms with van der Waals surface area (Å²) < 4.78 is 38.8. The number of halogens is 3. The van der Waals surface area contributed by atoms with Gasteiger partial charge in [-0.1, -0.05) is 36.4 Å². The van der Waals surface area contributed by atoms with Gasteiger partial charge in [0.05, 0.1) is 5.56 Å². The third-order valence-electron chi connectivity index (χ3n) is 6.19. The van der Waals surface area contributed by atoms with Crippen LogP contribution in [0.3, 0.4) is 0 Å². The summed E-state index contributed by atoms with van der Waals surface area (Å²) in [4.78, 5) is 26.7. The van der Waals surface area contributed by atoms with Crippen molar-refractivity contribution in [3.05, 3.63) is 89.0 Å². The number of carbonyl (C=O) groups is 2. The minimum absolute atomic E-state index is 0.201. The van der Waals surface area contributed by atoms with Crippen LogP contribution in [0.15, 0.2) is 66.7 Å². The first-order valence-corrected chi connectivity index (χ1v) is 11.6. The van der Waals surface area contributed by atoms with Crippen LogP contribution < -0.4 is 16.0 Å². The number of anilines is 1. The Bertz CT molecular complexity index is 1240. The topological polar surface area (TPSA) is 73.5 Å². The molecule has 0 unspecified atom stereocenters. The Hall–Kier alpha value is -3.85. The van der Waals surface area contributed by atoms with E-state index in [-0.39, 0.29) is 11.9 Å². The number of alkyl halides is 3. The number of hydrogen-bond acceptors (Lipinski definition) is 3. The SMILES string of the molecule is CNC(=O)NCCN1CCc2cc(NC(=O)c3ccccc3-c3ccc(C(F)(F)F)cc3)ccc2C1. The first-order chi connectivity index (χ1) is 17.2. The van der Waals surface area contributed by atoms with Crippen LogP contribution in [-0.2, 0) is 19.1 Å². The van der Waals surface area contributed by atoms with Crippen molar-refractivity contribution in [2.45, 2.75) is 19.1 Å². The molecule has 3 aromatic rings. The summed E-state index contributed by atoms with van der Waals surface area (Å²) in [6, 6.07) is 17.3. The molecule has 4 rings (SSSR count). The molecule has 1 heterocycles. The molecule has 36 heavy (non-hydrogen) atoms. The Kier molecular flexibility index (Phi) is 7.59. The van der Waals surface area contributed by atoms with Crippen molar-refractivity contribution >= 4 is 17.6 Å². The summed E-state index contributed by atoms with van der Waals surface area (Å²) in [5.41, 5.74) is 3.72. The molecule has 1 aliphatic heterocycles. The lowest BCUT2D eigenvalue weighted by atomic mass is 9.97. The molecule has 9 heteroatoms. The highest BCUT2D eigenvalue weighted by Crippen LogP contribution is 2.32. The summed E-state index contributed by atoms with van der Waals surface area (Å²) >= 11 is 0. The molecule has 188 valence electrons. The predicted molar refractivity (Wildman–Crippen MR) is 133 cm³/mol. The highest BCUT2D eigenvalue weighted by Gasteiger charge is 2.30. The van der Waals surface area contributed by atoms with Crippen molar-refractivity contribution in [1.82, 2.24) is 15.5 Å². The molecule has 0 aliphatic carbocycles. The van der Waals surface area contributed by atoms with Gasteiger partial charge < -0.3 is 16.0 Å². The lowest BCUT2D eigenvalue weighted by Gasteiger charge is -2.29. The van der Waals surface area contributed by atoms with E-state index in [4.69, 9.17) is 0 Å². The van der Waals surface area contributed by atoms with E-state index in [2.05, 4.69) is 20.9 Å². The maximum Gasteiger partial charge on any atom is 0.416 e. The summed E-state index contributed by atoms with van der Waals surface area (Å²) in [7, 11) is 1.58. The van der Waals surface area contributed by atoms with E-state index in [1.165, 1.54) is 17.7 Å². The monoisotopic (exact) mass is 496 g/mol. The fraction of sp³-hybridized carbons (Fsp3) is 0.259. The van der Waals surface area contributed by atoms with Crippen molar-refractivity contribution in [3.8, 4) is 11.1 Å². The van der Waals surface area contributed by atoms with Gasteiger partial charge in [0.1, 0.15) is 0 Å². The zero-order valence-electron chi connectivity index (χ0n) is 19.8. The molecular formula is C27H27F3N4O2. The van der Waals surface area contributed by atoms with Gasteiger partial charge in [0.2, 0.25) is 0 Å². The van der Waals surface area contributed by atoms with Gasteiger partial charge in [-0.15, -0.1) is 0 Å². The Labute approximate surface area is 207 Å². The molecule has 3 amide bonds. The molecule has 0 aromatic heterocycles. The summed E-state index contributed by atoms with van der Waals surface area (Å²) in [5, 5.41) is 8.25. The van der Waals surface area contributed by atoms with E-state index in [1.807, 2.05) is 18.2 Å². The lowest BCUT2D eigenvalue weighted by Crippen LogP contribution is -2.40. The molecule has 0 spiro atoms. The van der Waals surface area contributed by atoms with Gasteiger partial charge in [0.15, 0.2) is 0 Å². The third kappa shape index (κ3) is 6.04. The Morgan fingerprint density at radius 1 is 0.972 bits per heavy atom. The van der Waals surface area contributed by atoms with Crippen LogP contribution in [0.5, 0.6) is 0 Å². The fourth-order valence-corrected chi connectivity index (χ4v) is 4.27. The predicted octanol–water partition coefficient (Wildman–Crippen LogP) is 4.91. The molecule has 3 N–H and O–H groups in total. The van der Waals surface area contributed by atoms with Crippen LogP contribution in [0.1, 0.15) is 27.0 Å². The van der Waals surface area contributed by atoms with Crippen molar-refractivity contribution in [2.24, 2.45) is 0 Å². The molecule has 0 saturated heterocycles. The van der Waals surface area contributed by atoms with Crippen LogP contribution in [-0.4, -0.2) is 43.5 Å². The third-order valence-corrected chi connectivity index (χ3v) is 6.19. The van der Waals surface area contributed by atoms with Crippen LogP contribution in [0.4, 0.5) is 23.7 Å². The number of nitrogens with zero attached hydrogens (tertiary/aromatic N) is 1. The standard InChI is InChI=1S/C27H27F3N4O2/c1-31-26(36)32-13-15-34-14-12-19-16-22(11-8-20(19)17-34)33-25(35)24-5-3-2-4-23(24)18-6-9-21(10-7-18)27(28,29)30/h2-11,16H,12-15,17H2,1H3,(H,33,35)(H2,31,32,36). The Morgan fingerprint density at radius 3 is 2.44 bits per heavy atom. The van der Waals surface area contributed by atoms with Crippen LogP contribution in [0.2, 0.25) is 0 Å². The van der Waals surface area contributed by atoms with E-state index in [9.17, 15) is 22.8 Å². The van der Waals surface area contributed by atoms with Gasteiger partial charge in [0.25, 0.3) is 5.91 Å². The van der Waals surface area contributed by atoms with Gasteiger partial charge in [-0.2, -0.15) is 13.2 Å². The molecule has 0 radical (unpaired) electrons. The molecule has 6 nitrogen and oxygen atoms in total. The van der Waals surface area contributed by atoms with Crippen molar-refractivity contribution < 1.29 is 22.8 Å². The van der Waals surface area contributed by atoms with Crippen molar-refractivity contribution in [2.75, 3.05) is 32.0 Å². The second-order valence-electron chi connectivity index (χ2n) is 8.59. The first kappa shape index (κ1) is 25.2. The molecular weight excluding hydrogens is 469 g/mol. The molecule has 0 saturated carbocycles. The Balaban J connectivity index is 1.44. The number of nitrogens with one attached hydrogen (secondary N) is 3. The summed E-state index contributed by atoms with van der Waals surface area (Å²) in [5.74, 6) is -0.330. The number of fused-ring (bicyclic) bond motifs is 1. The number of carbonyl (C=O) groups excluding carboxylic acids is 2. The van der Waals surface area contributed by atoms with Crippen LogP contribution in [0, 0.1) is 0 Å². The van der Waals surface area contributed by atoms with Crippen LogP contribution in [0.25, 0.3) is 11.1 Å². The van der Waals surface area contributed by atoms with E-state index in [0.717, 1.165) is 43.8 Å². The van der Waals surface area contributed by atoms with E-state index in [1.54, 1.807) is 31.3 Å². The zero-order chi connectivity index (χ0) is 25.7.